The van der Waals surface area contributed by atoms with E-state index in [-0.39, 0.29) is 11.9 Å². The molecule has 0 aliphatic rings. The number of hydrogen-bond donors (Lipinski definition) is 2. The van der Waals surface area contributed by atoms with Gasteiger partial charge in [-0.05, 0) is 42.2 Å². The van der Waals surface area contributed by atoms with Gasteiger partial charge < -0.3 is 11.1 Å². The first kappa shape index (κ1) is 14.2. The minimum Gasteiger partial charge on any atom is -0.349 e. The van der Waals surface area contributed by atoms with Gasteiger partial charge in [0.1, 0.15) is 0 Å². The van der Waals surface area contributed by atoms with Crippen LogP contribution in [0.1, 0.15) is 45.2 Å². The summed E-state index contributed by atoms with van der Waals surface area (Å²) in [5.41, 5.74) is 6.51. The maximum atomic E-state index is 12.3. The molecule has 1 unspecified atom stereocenters. The van der Waals surface area contributed by atoms with Gasteiger partial charge in [-0.25, -0.2) is 0 Å². The van der Waals surface area contributed by atoms with Crippen molar-refractivity contribution in [1.82, 2.24) is 5.32 Å². The Bertz CT molecular complexity index is 336. The van der Waals surface area contributed by atoms with Crippen molar-refractivity contribution in [1.29, 1.82) is 0 Å². The van der Waals surface area contributed by atoms with Crippen LogP contribution >= 0.6 is 11.3 Å². The van der Waals surface area contributed by atoms with E-state index < -0.39 is 5.41 Å². The number of carbonyl (C=O) groups excluding carboxylic acids is 1. The first-order valence-corrected chi connectivity index (χ1v) is 7.07. The largest absolute Gasteiger partial charge is 0.349 e. The molecule has 1 aromatic heterocycles. The second-order valence-electron chi connectivity index (χ2n) is 4.44. The summed E-state index contributed by atoms with van der Waals surface area (Å²) in [6.45, 7) is 6.45. The van der Waals surface area contributed by atoms with Crippen LogP contribution in [0.3, 0.4) is 0 Å². The van der Waals surface area contributed by atoms with E-state index in [9.17, 15) is 4.79 Å². The lowest BCUT2D eigenvalue weighted by molar-refractivity contribution is -0.131. The first-order valence-electron chi connectivity index (χ1n) is 6.12. The van der Waals surface area contributed by atoms with E-state index in [0.29, 0.717) is 6.54 Å². The van der Waals surface area contributed by atoms with Crippen molar-refractivity contribution in [2.45, 2.75) is 39.7 Å². The molecule has 0 spiro atoms. The van der Waals surface area contributed by atoms with Crippen molar-refractivity contribution in [2.75, 3.05) is 6.54 Å². The molecule has 1 heterocycles. The Kier molecular flexibility index (Phi) is 5.15. The second-order valence-corrected chi connectivity index (χ2v) is 5.22. The van der Waals surface area contributed by atoms with Gasteiger partial charge in [-0.3, -0.25) is 4.79 Å². The number of carbonyl (C=O) groups is 1. The molecule has 0 radical (unpaired) electrons. The molecule has 0 saturated heterocycles. The zero-order chi connectivity index (χ0) is 12.9. The van der Waals surface area contributed by atoms with E-state index in [0.717, 1.165) is 18.4 Å². The molecule has 0 aromatic carbocycles. The average Bonchev–Trinajstić information content (AvgIpc) is 2.85. The molecular formula is C13H22N2OS. The molecule has 1 aromatic rings. The zero-order valence-electron chi connectivity index (χ0n) is 10.8. The minimum absolute atomic E-state index is 0.0535. The quantitative estimate of drug-likeness (QED) is 0.820. The lowest BCUT2D eigenvalue weighted by atomic mass is 9.81. The van der Waals surface area contributed by atoms with Crippen molar-refractivity contribution < 1.29 is 4.79 Å². The van der Waals surface area contributed by atoms with E-state index in [1.807, 2.05) is 32.2 Å². The summed E-state index contributed by atoms with van der Waals surface area (Å²) in [5.74, 6) is 0.0729. The SMILES string of the molecule is CCC(CC)(CN)C(=O)NC(C)c1ccsc1. The summed E-state index contributed by atoms with van der Waals surface area (Å²) in [6, 6.07) is 2.09. The van der Waals surface area contributed by atoms with Gasteiger partial charge >= 0.3 is 0 Å². The van der Waals surface area contributed by atoms with Gasteiger partial charge in [0.2, 0.25) is 5.91 Å². The van der Waals surface area contributed by atoms with E-state index in [4.69, 9.17) is 5.73 Å². The van der Waals surface area contributed by atoms with Crippen molar-refractivity contribution in [3.8, 4) is 0 Å². The zero-order valence-corrected chi connectivity index (χ0v) is 11.6. The number of hydrogen-bond acceptors (Lipinski definition) is 3. The highest BCUT2D eigenvalue weighted by Gasteiger charge is 2.33. The molecule has 17 heavy (non-hydrogen) atoms. The Morgan fingerprint density at radius 2 is 2.18 bits per heavy atom. The Balaban J connectivity index is 2.71. The molecular weight excluding hydrogens is 232 g/mol. The summed E-state index contributed by atoms with van der Waals surface area (Å²) < 4.78 is 0. The van der Waals surface area contributed by atoms with E-state index in [1.165, 1.54) is 0 Å². The van der Waals surface area contributed by atoms with E-state index in [1.54, 1.807) is 11.3 Å². The third-order valence-electron chi connectivity index (χ3n) is 3.62. The van der Waals surface area contributed by atoms with Gasteiger partial charge in [0.15, 0.2) is 0 Å². The van der Waals surface area contributed by atoms with E-state index in [2.05, 4.69) is 10.7 Å². The molecule has 0 bridgehead atoms. The van der Waals surface area contributed by atoms with Gasteiger partial charge in [-0.1, -0.05) is 13.8 Å². The minimum atomic E-state index is -0.412. The third-order valence-corrected chi connectivity index (χ3v) is 4.32. The molecule has 0 aliphatic heterocycles. The Hall–Kier alpha value is -0.870. The average molecular weight is 254 g/mol. The van der Waals surface area contributed by atoms with Crippen LogP contribution in [-0.2, 0) is 4.79 Å². The van der Waals surface area contributed by atoms with Crippen molar-refractivity contribution in [3.63, 3.8) is 0 Å². The van der Waals surface area contributed by atoms with Crippen molar-refractivity contribution in [2.24, 2.45) is 11.1 Å². The maximum Gasteiger partial charge on any atom is 0.227 e. The van der Waals surface area contributed by atoms with Gasteiger partial charge in [0, 0.05) is 6.54 Å². The fraction of sp³-hybridized carbons (Fsp3) is 0.615. The Morgan fingerprint density at radius 3 is 2.59 bits per heavy atom. The Labute approximate surface area is 107 Å². The molecule has 0 aliphatic carbocycles. The molecule has 3 N–H and O–H groups in total. The van der Waals surface area contributed by atoms with Gasteiger partial charge in [-0.2, -0.15) is 11.3 Å². The topological polar surface area (TPSA) is 55.1 Å². The number of thiophene rings is 1. The number of rotatable bonds is 6. The summed E-state index contributed by atoms with van der Waals surface area (Å²) in [5, 5.41) is 7.15. The summed E-state index contributed by atoms with van der Waals surface area (Å²) in [7, 11) is 0. The fourth-order valence-electron chi connectivity index (χ4n) is 1.91. The van der Waals surface area contributed by atoms with Gasteiger partial charge in [-0.15, -0.1) is 0 Å². The summed E-state index contributed by atoms with van der Waals surface area (Å²) in [4.78, 5) is 12.3. The lowest BCUT2D eigenvalue weighted by Crippen LogP contribution is -2.45. The highest BCUT2D eigenvalue weighted by molar-refractivity contribution is 7.07. The predicted molar refractivity (Wildman–Crippen MR) is 72.9 cm³/mol. The second kappa shape index (κ2) is 6.17. The van der Waals surface area contributed by atoms with Crippen molar-refractivity contribution in [3.05, 3.63) is 22.4 Å². The molecule has 0 fully saturated rings. The van der Waals surface area contributed by atoms with Crippen LogP contribution in [0, 0.1) is 5.41 Å². The van der Waals surface area contributed by atoms with Crippen molar-refractivity contribution >= 4 is 17.2 Å². The monoisotopic (exact) mass is 254 g/mol. The molecule has 1 amide bonds. The van der Waals surface area contributed by atoms with Crippen LogP contribution < -0.4 is 11.1 Å². The fourth-order valence-corrected chi connectivity index (χ4v) is 2.66. The normalized spacial score (nSPS) is 13.4. The maximum absolute atomic E-state index is 12.3. The molecule has 1 rings (SSSR count). The highest BCUT2D eigenvalue weighted by atomic mass is 32.1. The van der Waals surface area contributed by atoms with Crippen LogP contribution in [-0.4, -0.2) is 12.5 Å². The third kappa shape index (κ3) is 3.07. The van der Waals surface area contributed by atoms with Crippen LogP contribution in [0.5, 0.6) is 0 Å². The molecule has 96 valence electrons. The summed E-state index contributed by atoms with van der Waals surface area (Å²) >= 11 is 1.64. The molecule has 1 atom stereocenters. The summed E-state index contributed by atoms with van der Waals surface area (Å²) in [6.07, 6.45) is 1.56. The van der Waals surface area contributed by atoms with Crippen LogP contribution in [0.15, 0.2) is 16.8 Å². The number of amides is 1. The van der Waals surface area contributed by atoms with Gasteiger partial charge in [0.05, 0.1) is 11.5 Å². The predicted octanol–water partition coefficient (Wildman–Crippen LogP) is 2.69. The molecule has 3 nitrogen and oxygen atoms in total. The first-order chi connectivity index (χ1) is 8.09. The van der Waals surface area contributed by atoms with E-state index >= 15 is 0 Å². The smallest absolute Gasteiger partial charge is 0.227 e. The standard InChI is InChI=1S/C13H22N2OS/c1-4-13(5-2,9-14)12(16)15-10(3)11-6-7-17-8-11/h6-8,10H,4-5,9,14H2,1-3H3,(H,15,16). The number of nitrogens with two attached hydrogens (primary N) is 1. The molecule has 0 saturated carbocycles. The van der Waals surface area contributed by atoms with Crippen LogP contribution in [0.2, 0.25) is 0 Å². The lowest BCUT2D eigenvalue weighted by Gasteiger charge is -2.30. The van der Waals surface area contributed by atoms with Crippen LogP contribution in [0.25, 0.3) is 0 Å². The van der Waals surface area contributed by atoms with Gasteiger partial charge in [0.25, 0.3) is 0 Å². The highest BCUT2D eigenvalue weighted by Crippen LogP contribution is 2.26. The van der Waals surface area contributed by atoms with Crippen LogP contribution in [0.4, 0.5) is 0 Å². The molecule has 4 heteroatoms. The Morgan fingerprint density at radius 1 is 1.53 bits per heavy atom. The number of nitrogens with one attached hydrogen (secondary N) is 1.